The zero-order valence-corrected chi connectivity index (χ0v) is 9.57. The van der Waals surface area contributed by atoms with Gasteiger partial charge in [-0.25, -0.2) is 14.2 Å². The summed E-state index contributed by atoms with van der Waals surface area (Å²) >= 11 is 0. The molecule has 6 heteroatoms. The summed E-state index contributed by atoms with van der Waals surface area (Å²) in [6.45, 7) is 5.92. The van der Waals surface area contributed by atoms with E-state index in [9.17, 15) is 9.59 Å². The summed E-state index contributed by atoms with van der Waals surface area (Å²) in [7, 11) is 0.312. The summed E-state index contributed by atoms with van der Waals surface area (Å²) in [5.74, 6) is 0.575. The highest BCUT2D eigenvalue weighted by Crippen LogP contribution is 2.06. The Morgan fingerprint density at radius 1 is 1.36 bits per heavy atom. The summed E-state index contributed by atoms with van der Waals surface area (Å²) in [5, 5.41) is 0. The lowest BCUT2D eigenvalue weighted by atomic mass is 10.5. The van der Waals surface area contributed by atoms with Crippen LogP contribution < -0.4 is 11.4 Å². The molecule has 0 aromatic carbocycles. The van der Waals surface area contributed by atoms with Crippen molar-refractivity contribution in [3.05, 3.63) is 26.8 Å². The molecular formula is C8H14N3O2P. The molecule has 0 saturated carbocycles. The van der Waals surface area contributed by atoms with Crippen LogP contribution in [0.3, 0.4) is 0 Å². The van der Waals surface area contributed by atoms with Crippen LogP contribution in [0.5, 0.6) is 0 Å². The van der Waals surface area contributed by atoms with Gasteiger partial charge in [0.2, 0.25) is 0 Å². The van der Waals surface area contributed by atoms with E-state index in [0.29, 0.717) is 27.5 Å². The summed E-state index contributed by atoms with van der Waals surface area (Å²) in [6, 6.07) is 0. The molecule has 0 spiro atoms. The first kappa shape index (κ1) is 11.1. The van der Waals surface area contributed by atoms with Gasteiger partial charge in [-0.1, -0.05) is 6.92 Å². The molecule has 0 aliphatic rings. The quantitative estimate of drug-likeness (QED) is 0.670. The average Bonchev–Trinajstić information content (AvgIpc) is 2.17. The third-order valence-corrected chi connectivity index (χ3v) is 2.89. The van der Waals surface area contributed by atoms with Gasteiger partial charge in [0, 0.05) is 13.0 Å². The Hall–Kier alpha value is -0.960. The molecule has 0 fully saturated rings. The Kier molecular flexibility index (Phi) is 3.58. The first-order chi connectivity index (χ1) is 6.65. The molecular weight excluding hydrogens is 201 g/mol. The molecule has 0 radical (unpaired) electrons. The normalized spacial score (nSPS) is 11.4. The molecule has 0 aliphatic carbocycles. The largest absolute Gasteiger partial charge is 0.353 e. The highest BCUT2D eigenvalue weighted by molar-refractivity contribution is 7.35. The molecule has 1 atom stereocenters. The Balaban J connectivity index is 3.56. The van der Waals surface area contributed by atoms with Crippen LogP contribution in [0.2, 0.25) is 0 Å². The molecule has 5 nitrogen and oxygen atoms in total. The monoisotopic (exact) mass is 215 g/mol. The summed E-state index contributed by atoms with van der Waals surface area (Å²) in [4.78, 5) is 27.0. The van der Waals surface area contributed by atoms with Gasteiger partial charge in [0.25, 0.3) is 0 Å². The smallest absolute Gasteiger partial charge is 0.263 e. The lowest BCUT2D eigenvalue weighted by molar-refractivity contribution is 0.612. The lowest BCUT2D eigenvalue weighted by Crippen LogP contribution is -2.40. The van der Waals surface area contributed by atoms with Crippen molar-refractivity contribution < 1.29 is 0 Å². The Morgan fingerprint density at radius 3 is 2.43 bits per heavy atom. The molecule has 1 aromatic heterocycles. The minimum Gasteiger partial charge on any atom is -0.263 e. The third-order valence-electron chi connectivity index (χ3n) is 1.99. The van der Waals surface area contributed by atoms with Gasteiger partial charge >= 0.3 is 11.4 Å². The molecule has 1 aromatic rings. The van der Waals surface area contributed by atoms with Gasteiger partial charge < -0.3 is 0 Å². The maximum atomic E-state index is 11.7. The van der Waals surface area contributed by atoms with E-state index in [1.807, 2.05) is 13.6 Å². The maximum absolute atomic E-state index is 11.7. The number of nitrogens with zero attached hydrogens (tertiary/aromatic N) is 3. The molecule has 0 aliphatic heterocycles. The molecule has 0 bridgehead atoms. The average molecular weight is 215 g/mol. The van der Waals surface area contributed by atoms with Gasteiger partial charge in [-0.15, -0.1) is 0 Å². The second kappa shape index (κ2) is 4.51. The first-order valence-electron chi connectivity index (χ1n) is 4.56. The fraction of sp³-hybridized carbons (Fsp3) is 0.625. The van der Waals surface area contributed by atoms with Crippen LogP contribution in [-0.2, 0) is 13.0 Å². The predicted octanol–water partition coefficient (Wildman–Crippen LogP) is 0.0587. The highest BCUT2D eigenvalue weighted by atomic mass is 31.1. The maximum Gasteiger partial charge on any atom is 0.353 e. The van der Waals surface area contributed by atoms with E-state index in [4.69, 9.17) is 0 Å². The van der Waals surface area contributed by atoms with Crippen LogP contribution in [-0.4, -0.2) is 20.6 Å². The van der Waals surface area contributed by atoms with Crippen molar-refractivity contribution in [3.8, 4) is 0 Å². The van der Waals surface area contributed by atoms with Crippen molar-refractivity contribution >= 4 is 8.73 Å². The number of aromatic nitrogens is 3. The van der Waals surface area contributed by atoms with Crippen LogP contribution in [0.15, 0.2) is 9.59 Å². The molecule has 0 amide bonds. The third kappa shape index (κ3) is 1.77. The fourth-order valence-corrected chi connectivity index (χ4v) is 2.04. The Bertz CT molecular complexity index is 435. The van der Waals surface area contributed by atoms with Gasteiger partial charge in [-0.3, -0.25) is 4.34 Å². The molecule has 1 rings (SSSR count). The van der Waals surface area contributed by atoms with Gasteiger partial charge in [0.05, 0.1) is 0 Å². The van der Waals surface area contributed by atoms with Gasteiger partial charge in [-0.2, -0.15) is 4.98 Å². The number of rotatable bonds is 3. The summed E-state index contributed by atoms with van der Waals surface area (Å²) in [5.41, 5.74) is -0.686. The zero-order valence-electron chi connectivity index (χ0n) is 8.57. The molecule has 1 unspecified atom stereocenters. The Morgan fingerprint density at radius 2 is 2.00 bits per heavy atom. The van der Waals surface area contributed by atoms with Crippen molar-refractivity contribution in [2.75, 3.05) is 6.66 Å². The standard InChI is InChI=1S/C8H14N3O2P/c1-4-6-9-7(12)10(5-2)8(13)11(6)14-3/h14H,4-5H2,1-3H3. The number of aryl methyl sites for hydroxylation is 1. The van der Waals surface area contributed by atoms with Crippen LogP contribution in [0.4, 0.5) is 0 Å². The van der Waals surface area contributed by atoms with Gasteiger partial charge in [-0.05, 0) is 22.3 Å². The minimum atomic E-state index is -0.441. The van der Waals surface area contributed by atoms with Crippen molar-refractivity contribution in [2.45, 2.75) is 26.8 Å². The first-order valence-corrected chi connectivity index (χ1v) is 6.00. The van der Waals surface area contributed by atoms with Crippen molar-refractivity contribution in [3.63, 3.8) is 0 Å². The van der Waals surface area contributed by atoms with Crippen LogP contribution in [0.25, 0.3) is 0 Å². The second-order valence-electron chi connectivity index (χ2n) is 2.75. The SMILES string of the molecule is CCc1nc(=O)n(CC)c(=O)n1PC. The van der Waals surface area contributed by atoms with Crippen molar-refractivity contribution in [1.29, 1.82) is 0 Å². The zero-order chi connectivity index (χ0) is 10.7. The van der Waals surface area contributed by atoms with Crippen molar-refractivity contribution in [2.24, 2.45) is 0 Å². The van der Waals surface area contributed by atoms with Crippen molar-refractivity contribution in [1.82, 2.24) is 13.9 Å². The van der Waals surface area contributed by atoms with Crippen LogP contribution in [0.1, 0.15) is 19.7 Å². The van der Waals surface area contributed by atoms with Gasteiger partial charge in [0.15, 0.2) is 0 Å². The van der Waals surface area contributed by atoms with E-state index in [-0.39, 0.29) is 5.69 Å². The summed E-state index contributed by atoms with van der Waals surface area (Å²) < 4.78 is 2.71. The topological polar surface area (TPSA) is 56.9 Å². The van der Waals surface area contributed by atoms with E-state index < -0.39 is 5.69 Å². The molecule has 14 heavy (non-hydrogen) atoms. The predicted molar refractivity (Wildman–Crippen MR) is 57.4 cm³/mol. The van der Waals surface area contributed by atoms with E-state index in [2.05, 4.69) is 4.98 Å². The van der Waals surface area contributed by atoms with Crippen LogP contribution in [0, 0.1) is 0 Å². The number of hydrogen-bond donors (Lipinski definition) is 0. The fourth-order valence-electron chi connectivity index (χ4n) is 1.27. The molecule has 0 N–H and O–H groups in total. The van der Waals surface area contributed by atoms with Crippen LogP contribution >= 0.6 is 8.73 Å². The highest BCUT2D eigenvalue weighted by Gasteiger charge is 2.08. The van der Waals surface area contributed by atoms with E-state index in [0.717, 1.165) is 4.57 Å². The second-order valence-corrected chi connectivity index (χ2v) is 3.64. The molecule has 1 heterocycles. The van der Waals surface area contributed by atoms with E-state index >= 15 is 0 Å². The summed E-state index contributed by atoms with van der Waals surface area (Å²) in [6.07, 6.45) is 0.607. The minimum absolute atomic E-state index is 0.245. The van der Waals surface area contributed by atoms with Gasteiger partial charge in [0.1, 0.15) is 5.82 Å². The van der Waals surface area contributed by atoms with E-state index in [1.54, 1.807) is 11.3 Å². The molecule has 78 valence electrons. The molecule has 0 saturated heterocycles. The number of hydrogen-bond acceptors (Lipinski definition) is 3. The van der Waals surface area contributed by atoms with E-state index in [1.165, 1.54) is 0 Å². The lowest BCUT2D eigenvalue weighted by Gasteiger charge is -2.09. The Labute approximate surface area is 83.6 Å².